The molecule has 1 aromatic carbocycles. The molecular formula is C20H16F3N5O4. The highest BCUT2D eigenvalue weighted by atomic mass is 19.4. The summed E-state index contributed by atoms with van der Waals surface area (Å²) in [5.74, 6) is -2.15. The second-order valence-electron chi connectivity index (χ2n) is 6.40. The number of carbonyl (C=O) groups is 3. The van der Waals surface area contributed by atoms with E-state index in [0.717, 1.165) is 23.0 Å². The van der Waals surface area contributed by atoms with Crippen LogP contribution < -0.4 is 10.9 Å². The quantitative estimate of drug-likeness (QED) is 0.458. The second kappa shape index (κ2) is 9.29. The number of carbonyl (C=O) groups excluding carboxylic acids is 3. The maximum absolute atomic E-state index is 12.7. The van der Waals surface area contributed by atoms with Gasteiger partial charge in [0, 0.05) is 11.8 Å². The van der Waals surface area contributed by atoms with Gasteiger partial charge >= 0.3 is 12.1 Å². The molecule has 12 heteroatoms. The number of halogens is 3. The number of hydrogen-bond donors (Lipinski definition) is 2. The molecule has 0 saturated heterocycles. The van der Waals surface area contributed by atoms with Crippen molar-refractivity contribution in [3.05, 3.63) is 77.2 Å². The van der Waals surface area contributed by atoms with E-state index in [1.165, 1.54) is 6.92 Å². The van der Waals surface area contributed by atoms with Crippen LogP contribution in [0.4, 0.5) is 13.2 Å². The van der Waals surface area contributed by atoms with Crippen molar-refractivity contribution in [2.45, 2.75) is 13.1 Å². The number of hydrazine groups is 1. The number of pyridine rings is 1. The van der Waals surface area contributed by atoms with Gasteiger partial charge in [0.25, 0.3) is 11.8 Å². The molecule has 32 heavy (non-hydrogen) atoms. The molecule has 0 unspecified atom stereocenters. The smallest absolute Gasteiger partial charge is 0.417 e. The van der Waals surface area contributed by atoms with Gasteiger partial charge in [-0.25, -0.2) is 14.5 Å². The highest BCUT2D eigenvalue weighted by molar-refractivity contribution is 5.96. The van der Waals surface area contributed by atoms with Crippen molar-refractivity contribution >= 4 is 17.8 Å². The molecule has 0 aliphatic carbocycles. The SMILES string of the molecule is Cc1c(C(=O)OCC(=O)NNC(=O)c2ccccc2)cnn1-c1ccc(C(F)(F)F)cn1. The number of alkyl halides is 3. The minimum absolute atomic E-state index is 0.00665. The first-order chi connectivity index (χ1) is 15.2. The van der Waals surface area contributed by atoms with E-state index in [-0.39, 0.29) is 17.1 Å². The van der Waals surface area contributed by atoms with Gasteiger partial charge in [0.1, 0.15) is 5.56 Å². The molecular weight excluding hydrogens is 431 g/mol. The third kappa shape index (κ3) is 5.28. The summed E-state index contributed by atoms with van der Waals surface area (Å²) >= 11 is 0. The largest absolute Gasteiger partial charge is 0.452 e. The lowest BCUT2D eigenvalue weighted by Crippen LogP contribution is -2.43. The van der Waals surface area contributed by atoms with Crippen LogP contribution in [0.15, 0.2) is 54.9 Å². The van der Waals surface area contributed by atoms with E-state index in [1.54, 1.807) is 30.3 Å². The number of nitrogens with one attached hydrogen (secondary N) is 2. The molecule has 0 aliphatic heterocycles. The van der Waals surface area contributed by atoms with Gasteiger partial charge in [-0.1, -0.05) is 18.2 Å². The third-order valence-corrected chi connectivity index (χ3v) is 4.21. The minimum Gasteiger partial charge on any atom is -0.452 e. The fourth-order valence-corrected chi connectivity index (χ4v) is 2.55. The molecule has 2 aromatic heterocycles. The summed E-state index contributed by atoms with van der Waals surface area (Å²) in [5.41, 5.74) is 3.94. The van der Waals surface area contributed by atoms with Gasteiger partial charge in [0.15, 0.2) is 12.4 Å². The number of esters is 1. The monoisotopic (exact) mass is 447 g/mol. The number of rotatable bonds is 5. The van der Waals surface area contributed by atoms with Gasteiger partial charge in [-0.15, -0.1) is 0 Å². The van der Waals surface area contributed by atoms with E-state index in [1.807, 2.05) is 0 Å². The zero-order chi connectivity index (χ0) is 23.3. The summed E-state index contributed by atoms with van der Waals surface area (Å²) in [6, 6.07) is 10.1. The van der Waals surface area contributed by atoms with Crippen LogP contribution in [0.25, 0.3) is 5.82 Å². The van der Waals surface area contributed by atoms with E-state index >= 15 is 0 Å². The van der Waals surface area contributed by atoms with E-state index < -0.39 is 36.1 Å². The molecule has 9 nitrogen and oxygen atoms in total. The molecule has 0 aliphatic rings. The van der Waals surface area contributed by atoms with Crippen LogP contribution in [0.2, 0.25) is 0 Å². The van der Waals surface area contributed by atoms with E-state index in [4.69, 9.17) is 4.74 Å². The van der Waals surface area contributed by atoms with Crippen molar-refractivity contribution in [1.29, 1.82) is 0 Å². The molecule has 0 saturated carbocycles. The van der Waals surface area contributed by atoms with Crippen LogP contribution in [-0.4, -0.2) is 39.2 Å². The predicted molar refractivity (Wildman–Crippen MR) is 103 cm³/mol. The van der Waals surface area contributed by atoms with Gasteiger partial charge in [0.2, 0.25) is 0 Å². The van der Waals surface area contributed by atoms with Gasteiger partial charge in [-0.2, -0.15) is 18.3 Å². The third-order valence-electron chi connectivity index (χ3n) is 4.21. The topological polar surface area (TPSA) is 115 Å². The Bertz CT molecular complexity index is 1130. The minimum atomic E-state index is -4.53. The molecule has 0 fully saturated rings. The Hall–Kier alpha value is -4.22. The molecule has 3 aromatic rings. The average Bonchev–Trinajstić information content (AvgIpc) is 3.17. The molecule has 2 amide bonds. The maximum atomic E-state index is 12.7. The van der Waals surface area contributed by atoms with Gasteiger partial charge in [0.05, 0.1) is 17.5 Å². The number of aromatic nitrogens is 3. The fourth-order valence-electron chi connectivity index (χ4n) is 2.55. The molecule has 2 heterocycles. The first-order valence-corrected chi connectivity index (χ1v) is 9.06. The zero-order valence-electron chi connectivity index (χ0n) is 16.5. The summed E-state index contributed by atoms with van der Waals surface area (Å²) in [7, 11) is 0. The van der Waals surface area contributed by atoms with E-state index in [9.17, 15) is 27.6 Å². The first kappa shape index (κ1) is 22.5. The zero-order valence-corrected chi connectivity index (χ0v) is 16.5. The Kier molecular flexibility index (Phi) is 6.52. The van der Waals surface area contributed by atoms with Crippen molar-refractivity contribution in [3.8, 4) is 5.82 Å². The van der Waals surface area contributed by atoms with Crippen LogP contribution in [0.1, 0.15) is 32.0 Å². The molecule has 3 rings (SSSR count). The van der Waals surface area contributed by atoms with Crippen LogP contribution >= 0.6 is 0 Å². The van der Waals surface area contributed by atoms with Crippen LogP contribution in [0, 0.1) is 6.92 Å². The van der Waals surface area contributed by atoms with Crippen molar-refractivity contribution in [3.63, 3.8) is 0 Å². The number of hydrogen-bond acceptors (Lipinski definition) is 6. The number of nitrogens with zero attached hydrogens (tertiary/aromatic N) is 3. The molecule has 0 spiro atoms. The van der Waals surface area contributed by atoms with Crippen molar-refractivity contribution in [2.24, 2.45) is 0 Å². The summed E-state index contributed by atoms with van der Waals surface area (Å²) in [6.07, 6.45) is -2.73. The number of benzene rings is 1. The maximum Gasteiger partial charge on any atom is 0.417 e. The number of ether oxygens (including phenoxy) is 1. The highest BCUT2D eigenvalue weighted by Gasteiger charge is 2.31. The molecule has 166 valence electrons. The highest BCUT2D eigenvalue weighted by Crippen LogP contribution is 2.28. The second-order valence-corrected chi connectivity index (χ2v) is 6.40. The van der Waals surface area contributed by atoms with Gasteiger partial charge < -0.3 is 4.74 Å². The Morgan fingerprint density at radius 1 is 1.03 bits per heavy atom. The average molecular weight is 447 g/mol. The predicted octanol–water partition coefficient (Wildman–Crippen LogP) is 2.21. The van der Waals surface area contributed by atoms with E-state index in [0.29, 0.717) is 11.8 Å². The molecule has 2 N–H and O–H groups in total. The summed E-state index contributed by atoms with van der Waals surface area (Å²) in [4.78, 5) is 39.6. The van der Waals surface area contributed by atoms with Crippen molar-refractivity contribution < 1.29 is 32.3 Å². The van der Waals surface area contributed by atoms with Crippen LogP contribution in [0.3, 0.4) is 0 Å². The van der Waals surface area contributed by atoms with Crippen LogP contribution in [-0.2, 0) is 15.7 Å². The van der Waals surface area contributed by atoms with Crippen molar-refractivity contribution in [1.82, 2.24) is 25.6 Å². The lowest BCUT2D eigenvalue weighted by Gasteiger charge is -2.09. The standard InChI is InChI=1S/C20H16F3N5O4/c1-12-15(10-25-28(12)16-8-7-14(9-24-16)20(21,22)23)19(31)32-11-17(29)26-27-18(30)13-5-3-2-4-6-13/h2-10H,11H2,1H3,(H,26,29)(H,27,30). The molecule has 0 radical (unpaired) electrons. The Balaban J connectivity index is 1.56. The molecule has 0 bridgehead atoms. The lowest BCUT2D eigenvalue weighted by atomic mass is 10.2. The fraction of sp³-hybridized carbons (Fsp3) is 0.150. The number of amides is 2. The Labute approximate surface area is 179 Å². The first-order valence-electron chi connectivity index (χ1n) is 9.06. The van der Waals surface area contributed by atoms with Gasteiger partial charge in [-0.05, 0) is 31.2 Å². The lowest BCUT2D eigenvalue weighted by molar-refractivity contribution is -0.137. The normalized spacial score (nSPS) is 11.0. The van der Waals surface area contributed by atoms with Gasteiger partial charge in [-0.3, -0.25) is 20.4 Å². The van der Waals surface area contributed by atoms with E-state index in [2.05, 4.69) is 20.9 Å². The summed E-state index contributed by atoms with van der Waals surface area (Å²) < 4.78 is 44.1. The Morgan fingerprint density at radius 3 is 2.38 bits per heavy atom. The summed E-state index contributed by atoms with van der Waals surface area (Å²) in [6.45, 7) is 0.806. The summed E-state index contributed by atoms with van der Waals surface area (Å²) in [5, 5.41) is 3.93. The Morgan fingerprint density at radius 2 is 1.75 bits per heavy atom. The van der Waals surface area contributed by atoms with Crippen LogP contribution in [0.5, 0.6) is 0 Å². The van der Waals surface area contributed by atoms with Crippen molar-refractivity contribution in [2.75, 3.05) is 6.61 Å². The molecule has 0 atom stereocenters.